The second-order valence-corrected chi connectivity index (χ2v) is 4.88. The topological polar surface area (TPSA) is 63.9 Å². The van der Waals surface area contributed by atoms with Gasteiger partial charge >= 0.3 is 0 Å². The lowest BCUT2D eigenvalue weighted by atomic mass is 10.2. The van der Waals surface area contributed by atoms with Gasteiger partial charge in [-0.3, -0.25) is 0 Å². The molecule has 0 atom stereocenters. The van der Waals surface area contributed by atoms with Crippen LogP contribution in [0.4, 0.5) is 0 Å². The average Bonchev–Trinajstić information content (AvgIpc) is 2.44. The molecule has 0 N–H and O–H groups in total. The highest BCUT2D eigenvalue weighted by molar-refractivity contribution is 9.10. The maximum Gasteiger partial charge on any atom is 0.212 e. The van der Waals surface area contributed by atoms with Gasteiger partial charge < -0.3 is 5.11 Å². The molecule has 3 aromatic rings. The molecule has 1 heterocycles. The van der Waals surface area contributed by atoms with Crippen LogP contribution in [-0.2, 0) is 0 Å². The van der Waals surface area contributed by atoms with Crippen molar-refractivity contribution in [2.45, 2.75) is 0 Å². The minimum Gasteiger partial charge on any atom is -0.837 e. The zero-order valence-electron chi connectivity index (χ0n) is 9.65. The molecular weight excluding hydrogens is 310 g/mol. The highest BCUT2D eigenvalue weighted by atomic mass is 79.9. The second kappa shape index (κ2) is 4.47. The zero-order valence-corrected chi connectivity index (χ0v) is 11.2. The van der Waals surface area contributed by atoms with E-state index in [-0.39, 0.29) is 0 Å². The molecule has 2 aromatic carbocycles. The minimum atomic E-state index is -0.425. The highest BCUT2D eigenvalue weighted by Crippen LogP contribution is 2.17. The van der Waals surface area contributed by atoms with E-state index >= 15 is 0 Å². The lowest BCUT2D eigenvalue weighted by Gasteiger charge is -2.04. The molecule has 0 radical (unpaired) electrons. The molecule has 0 aliphatic heterocycles. The molecule has 0 aliphatic rings. The third-order valence-corrected chi connectivity index (χ3v) is 3.28. The fourth-order valence-corrected chi connectivity index (χ4v) is 2.11. The zero-order chi connectivity index (χ0) is 13.4. The van der Waals surface area contributed by atoms with Gasteiger partial charge in [-0.2, -0.15) is 0 Å². The molecule has 19 heavy (non-hydrogen) atoms. The molecule has 0 bridgehead atoms. The van der Waals surface area contributed by atoms with E-state index in [1.54, 1.807) is 48.5 Å². The van der Waals surface area contributed by atoms with Crippen LogP contribution in [0.25, 0.3) is 16.6 Å². The largest absolute Gasteiger partial charge is 0.837 e. The molecule has 0 unspecified atom stereocenters. The molecule has 0 fully saturated rings. The summed E-state index contributed by atoms with van der Waals surface area (Å²) in [5, 5.41) is 16.0. The Kier molecular flexibility index (Phi) is 2.79. The first-order chi connectivity index (χ1) is 9.16. The van der Waals surface area contributed by atoms with E-state index in [4.69, 9.17) is 0 Å². The van der Waals surface area contributed by atoms with Gasteiger partial charge in [0.05, 0.1) is 9.93 Å². The number of hydrogen-bond acceptors (Lipinski definition) is 3. The Balaban J connectivity index is 2.34. The molecule has 1 aromatic heterocycles. The normalized spacial score (nSPS) is 10.8. The Morgan fingerprint density at radius 3 is 2.53 bits per heavy atom. The summed E-state index contributed by atoms with van der Waals surface area (Å²) in [6, 6.07) is 13.6. The van der Waals surface area contributed by atoms with Gasteiger partial charge in [-0.05, 0) is 41.3 Å². The van der Waals surface area contributed by atoms with E-state index < -0.39 is 5.88 Å². The van der Waals surface area contributed by atoms with Crippen LogP contribution in [0.3, 0.4) is 0 Å². The minimum absolute atomic E-state index is 0.297. The lowest BCUT2D eigenvalue weighted by Crippen LogP contribution is -2.33. The van der Waals surface area contributed by atoms with Gasteiger partial charge in [-0.25, -0.2) is 0 Å². The standard InChI is InChI=1S/C13H8BrN3O2/c14-9-5-7-10(8-6-9)16-15-13(18)11-3-1-2-4-12(11)17(16)19/h1-8H. The van der Waals surface area contributed by atoms with E-state index in [1.807, 2.05) is 0 Å². The Bertz CT molecular complexity index is 812. The van der Waals surface area contributed by atoms with Crippen molar-refractivity contribution in [1.29, 1.82) is 0 Å². The summed E-state index contributed by atoms with van der Waals surface area (Å²) in [4.78, 5) is 13.3. The summed E-state index contributed by atoms with van der Waals surface area (Å²) >= 11 is 3.31. The van der Waals surface area contributed by atoms with Crippen LogP contribution in [0.1, 0.15) is 0 Å². The van der Waals surface area contributed by atoms with Gasteiger partial charge in [0.1, 0.15) is 11.6 Å². The third kappa shape index (κ3) is 2.00. The molecule has 94 valence electrons. The second-order valence-electron chi connectivity index (χ2n) is 3.96. The van der Waals surface area contributed by atoms with E-state index in [9.17, 15) is 10.0 Å². The van der Waals surface area contributed by atoms with Gasteiger partial charge in [0, 0.05) is 14.4 Å². The Morgan fingerprint density at radius 1 is 1.11 bits per heavy atom. The van der Waals surface area contributed by atoms with Crippen LogP contribution in [0.5, 0.6) is 5.88 Å². The first kappa shape index (κ1) is 11.9. The van der Waals surface area contributed by atoms with Crippen LogP contribution >= 0.6 is 15.9 Å². The van der Waals surface area contributed by atoms with Crippen LogP contribution in [0.2, 0.25) is 0 Å². The molecule has 0 saturated carbocycles. The van der Waals surface area contributed by atoms with Gasteiger partial charge in [0.15, 0.2) is 0 Å². The van der Waals surface area contributed by atoms with Crippen molar-refractivity contribution in [2.24, 2.45) is 0 Å². The Labute approximate surface area is 116 Å². The highest BCUT2D eigenvalue weighted by Gasteiger charge is 2.14. The summed E-state index contributed by atoms with van der Waals surface area (Å²) in [5.41, 5.74) is 0.825. The number of nitrogens with zero attached hydrogens (tertiary/aromatic N) is 3. The monoisotopic (exact) mass is 317 g/mol. The van der Waals surface area contributed by atoms with Crippen LogP contribution in [0.15, 0.2) is 53.0 Å². The van der Waals surface area contributed by atoms with Crippen molar-refractivity contribution < 1.29 is 9.65 Å². The summed E-state index contributed by atoms with van der Waals surface area (Å²) in [6.45, 7) is 0. The van der Waals surface area contributed by atoms with Crippen molar-refractivity contribution in [2.75, 3.05) is 0 Å². The van der Waals surface area contributed by atoms with E-state index in [0.717, 1.165) is 9.27 Å². The number of para-hydroxylation sites is 1. The summed E-state index contributed by atoms with van der Waals surface area (Å²) in [7, 11) is 0. The SMILES string of the molecule is O=[n+]1c2ccccc2c([O-])nn1-c1ccc(Br)cc1. The summed E-state index contributed by atoms with van der Waals surface area (Å²) in [5.74, 6) is -0.425. The average molecular weight is 318 g/mol. The van der Waals surface area contributed by atoms with Gasteiger partial charge in [0.25, 0.3) is 0 Å². The summed E-state index contributed by atoms with van der Waals surface area (Å²) < 4.78 is 1.50. The maximum absolute atomic E-state index is 12.2. The van der Waals surface area contributed by atoms with Gasteiger partial charge in [-0.15, -0.1) is 0 Å². The smallest absolute Gasteiger partial charge is 0.212 e. The number of benzene rings is 2. The molecule has 6 heteroatoms. The quantitative estimate of drug-likeness (QED) is 0.643. The molecule has 3 rings (SSSR count). The van der Waals surface area contributed by atoms with Crippen LogP contribution in [-0.4, -0.2) is 9.90 Å². The fraction of sp³-hybridized carbons (Fsp3) is 0. The number of halogens is 1. The number of rotatable bonds is 1. The van der Waals surface area contributed by atoms with E-state index in [2.05, 4.69) is 21.0 Å². The van der Waals surface area contributed by atoms with Gasteiger partial charge in [-0.1, -0.05) is 28.1 Å². The Hall–Kier alpha value is -2.21. The van der Waals surface area contributed by atoms with Crippen molar-refractivity contribution in [3.8, 4) is 11.6 Å². The van der Waals surface area contributed by atoms with Crippen molar-refractivity contribution in [1.82, 2.24) is 9.90 Å². The van der Waals surface area contributed by atoms with E-state index in [0.29, 0.717) is 21.1 Å². The molecule has 0 spiro atoms. The van der Waals surface area contributed by atoms with Crippen molar-refractivity contribution >= 4 is 26.8 Å². The van der Waals surface area contributed by atoms with Gasteiger partial charge in [0.2, 0.25) is 5.52 Å². The third-order valence-electron chi connectivity index (χ3n) is 2.76. The van der Waals surface area contributed by atoms with E-state index in [1.165, 1.54) is 0 Å². The number of fused-ring (bicyclic) bond motifs is 1. The van der Waals surface area contributed by atoms with Crippen LogP contribution < -0.4 is 9.65 Å². The first-order valence-corrected chi connectivity index (χ1v) is 6.34. The maximum atomic E-state index is 12.2. The first-order valence-electron chi connectivity index (χ1n) is 5.55. The number of aromatic nitrogens is 3. The fourth-order valence-electron chi connectivity index (χ4n) is 1.84. The van der Waals surface area contributed by atoms with Crippen molar-refractivity contribution in [3.05, 3.63) is 57.9 Å². The predicted octanol–water partition coefficient (Wildman–Crippen LogP) is 1.78. The molecule has 0 saturated heterocycles. The predicted molar refractivity (Wildman–Crippen MR) is 71.6 cm³/mol. The molecule has 5 nitrogen and oxygen atoms in total. The van der Waals surface area contributed by atoms with Crippen molar-refractivity contribution in [3.63, 3.8) is 0 Å². The molecule has 0 aliphatic carbocycles. The summed E-state index contributed by atoms with van der Waals surface area (Å²) in [6.07, 6.45) is 0. The molecular formula is C13H8BrN3O2. The van der Waals surface area contributed by atoms with Crippen LogP contribution in [0, 0.1) is 4.91 Å². The molecule has 0 amide bonds. The number of hydrogen-bond donors (Lipinski definition) is 0. The lowest BCUT2D eigenvalue weighted by molar-refractivity contribution is -0.568. The Morgan fingerprint density at radius 2 is 1.79 bits per heavy atom.